The normalized spacial score (nSPS) is 10.7. The van der Waals surface area contributed by atoms with Crippen LogP contribution in [-0.4, -0.2) is 31.2 Å². The Morgan fingerprint density at radius 2 is 2.11 bits per heavy atom. The van der Waals surface area contributed by atoms with Crippen molar-refractivity contribution in [2.75, 3.05) is 25.1 Å². The van der Waals surface area contributed by atoms with Gasteiger partial charge in [0.2, 0.25) is 0 Å². The van der Waals surface area contributed by atoms with Crippen LogP contribution in [0.1, 0.15) is 43.3 Å². The van der Waals surface area contributed by atoms with Gasteiger partial charge in [0.25, 0.3) is 0 Å². The van der Waals surface area contributed by atoms with Gasteiger partial charge in [0.15, 0.2) is 5.13 Å². The lowest BCUT2D eigenvalue weighted by atomic mass is 10.0. The highest BCUT2D eigenvalue weighted by molar-refractivity contribution is 7.17. The second-order valence-electron chi connectivity index (χ2n) is 4.22. The maximum absolute atomic E-state index is 11.4. The van der Waals surface area contributed by atoms with Crippen molar-refractivity contribution in [2.45, 2.75) is 33.6 Å². The van der Waals surface area contributed by atoms with E-state index in [2.05, 4.69) is 30.7 Å². The number of carbonyl (C=O) groups excluding carboxylic acids is 1. The Balaban J connectivity index is 2.76. The highest BCUT2D eigenvalue weighted by Gasteiger charge is 2.16. The van der Waals surface area contributed by atoms with Gasteiger partial charge in [0, 0.05) is 13.1 Å². The summed E-state index contributed by atoms with van der Waals surface area (Å²) in [7, 11) is 1.39. The van der Waals surface area contributed by atoms with Crippen molar-refractivity contribution in [2.24, 2.45) is 5.92 Å². The fourth-order valence-corrected chi connectivity index (χ4v) is 2.71. The van der Waals surface area contributed by atoms with Crippen LogP contribution in [0.2, 0.25) is 0 Å². The Bertz CT molecular complexity index is 375. The molecular weight excluding hydrogens is 248 g/mol. The lowest BCUT2D eigenvalue weighted by molar-refractivity contribution is 0.0606. The topological polar surface area (TPSA) is 42.4 Å². The molecule has 1 aromatic rings. The Morgan fingerprint density at radius 3 is 2.61 bits per heavy atom. The first-order valence-electron chi connectivity index (χ1n) is 6.45. The molecular formula is C13H22N2O2S. The van der Waals surface area contributed by atoms with Crippen LogP contribution in [0.3, 0.4) is 0 Å². The summed E-state index contributed by atoms with van der Waals surface area (Å²) in [5.41, 5.74) is 0. The molecule has 0 aliphatic rings. The molecule has 0 spiro atoms. The molecule has 0 saturated heterocycles. The molecule has 0 aliphatic carbocycles. The SMILES string of the molecule is CCC(CC)CN(CC)c1ncc(C(=O)OC)s1. The number of hydrogen-bond donors (Lipinski definition) is 0. The number of anilines is 1. The van der Waals surface area contributed by atoms with Crippen LogP contribution in [0.5, 0.6) is 0 Å². The summed E-state index contributed by atoms with van der Waals surface area (Å²) in [6.45, 7) is 8.44. The largest absolute Gasteiger partial charge is 0.465 e. The van der Waals surface area contributed by atoms with Crippen LogP contribution in [0.15, 0.2) is 6.20 Å². The van der Waals surface area contributed by atoms with Gasteiger partial charge in [0.1, 0.15) is 4.88 Å². The molecule has 0 fully saturated rings. The van der Waals surface area contributed by atoms with E-state index >= 15 is 0 Å². The van der Waals surface area contributed by atoms with Gasteiger partial charge >= 0.3 is 5.97 Å². The van der Waals surface area contributed by atoms with E-state index < -0.39 is 0 Å². The fourth-order valence-electron chi connectivity index (χ4n) is 1.81. The van der Waals surface area contributed by atoms with Crippen LogP contribution in [-0.2, 0) is 4.74 Å². The molecule has 0 amide bonds. The molecule has 1 heterocycles. The summed E-state index contributed by atoms with van der Waals surface area (Å²) in [6.07, 6.45) is 3.94. The average Bonchev–Trinajstić information content (AvgIpc) is 2.89. The minimum atomic E-state index is -0.308. The Kier molecular flexibility index (Phi) is 6.12. The molecule has 0 aliphatic heterocycles. The third-order valence-corrected chi connectivity index (χ3v) is 4.20. The smallest absolute Gasteiger partial charge is 0.349 e. The predicted octanol–water partition coefficient (Wildman–Crippen LogP) is 3.19. The van der Waals surface area contributed by atoms with E-state index in [-0.39, 0.29) is 5.97 Å². The summed E-state index contributed by atoms with van der Waals surface area (Å²) in [6, 6.07) is 0. The lowest BCUT2D eigenvalue weighted by Gasteiger charge is -2.24. The van der Waals surface area contributed by atoms with E-state index in [0.29, 0.717) is 10.8 Å². The number of hydrogen-bond acceptors (Lipinski definition) is 5. The van der Waals surface area contributed by atoms with E-state index in [1.165, 1.54) is 31.3 Å². The molecule has 0 atom stereocenters. The van der Waals surface area contributed by atoms with Crippen molar-refractivity contribution in [1.29, 1.82) is 0 Å². The Labute approximate surface area is 113 Å². The van der Waals surface area contributed by atoms with Crippen molar-refractivity contribution in [1.82, 2.24) is 4.98 Å². The minimum Gasteiger partial charge on any atom is -0.465 e. The second-order valence-corrected chi connectivity index (χ2v) is 5.23. The van der Waals surface area contributed by atoms with Crippen LogP contribution in [0, 0.1) is 5.92 Å². The van der Waals surface area contributed by atoms with Gasteiger partial charge in [-0.2, -0.15) is 0 Å². The lowest BCUT2D eigenvalue weighted by Crippen LogP contribution is -2.28. The van der Waals surface area contributed by atoms with Gasteiger partial charge < -0.3 is 9.64 Å². The molecule has 4 nitrogen and oxygen atoms in total. The first-order chi connectivity index (χ1) is 8.65. The number of rotatable bonds is 7. The number of methoxy groups -OCH3 is 1. The zero-order chi connectivity index (χ0) is 13.5. The van der Waals surface area contributed by atoms with E-state index in [1.807, 2.05) is 0 Å². The number of esters is 1. The van der Waals surface area contributed by atoms with Gasteiger partial charge in [-0.05, 0) is 12.8 Å². The van der Waals surface area contributed by atoms with E-state index in [9.17, 15) is 4.79 Å². The van der Waals surface area contributed by atoms with Crippen molar-refractivity contribution in [3.63, 3.8) is 0 Å². The molecule has 0 radical (unpaired) electrons. The highest BCUT2D eigenvalue weighted by atomic mass is 32.1. The van der Waals surface area contributed by atoms with E-state index in [4.69, 9.17) is 4.74 Å². The Morgan fingerprint density at radius 1 is 1.44 bits per heavy atom. The standard InChI is InChI=1S/C13H22N2O2S/c1-5-10(6-2)9-15(7-3)13-14-8-11(18-13)12(16)17-4/h8,10H,5-7,9H2,1-4H3. The maximum atomic E-state index is 11.4. The minimum absolute atomic E-state index is 0.308. The summed E-state index contributed by atoms with van der Waals surface area (Å²) in [4.78, 5) is 18.5. The van der Waals surface area contributed by atoms with Crippen LogP contribution < -0.4 is 4.90 Å². The first kappa shape index (κ1) is 15.0. The van der Waals surface area contributed by atoms with Gasteiger partial charge in [-0.25, -0.2) is 9.78 Å². The van der Waals surface area contributed by atoms with Gasteiger partial charge in [-0.3, -0.25) is 0 Å². The van der Waals surface area contributed by atoms with Gasteiger partial charge in [-0.1, -0.05) is 38.0 Å². The zero-order valence-corrected chi connectivity index (χ0v) is 12.4. The molecule has 1 rings (SSSR count). The number of nitrogens with zero attached hydrogens (tertiary/aromatic N) is 2. The van der Waals surface area contributed by atoms with Crippen molar-refractivity contribution in [3.8, 4) is 0 Å². The van der Waals surface area contributed by atoms with Crippen LogP contribution in [0.25, 0.3) is 0 Å². The summed E-state index contributed by atoms with van der Waals surface area (Å²) < 4.78 is 4.70. The molecule has 1 aromatic heterocycles. The molecule has 0 aromatic carbocycles. The molecule has 0 unspecified atom stereocenters. The zero-order valence-electron chi connectivity index (χ0n) is 11.6. The molecule has 0 saturated carbocycles. The third-order valence-electron chi connectivity index (χ3n) is 3.17. The van der Waals surface area contributed by atoms with E-state index in [0.717, 1.165) is 18.2 Å². The summed E-state index contributed by atoms with van der Waals surface area (Å²) in [5.74, 6) is 0.368. The second kappa shape index (κ2) is 7.36. The number of carbonyl (C=O) groups is 1. The third kappa shape index (κ3) is 3.70. The van der Waals surface area contributed by atoms with Crippen LogP contribution >= 0.6 is 11.3 Å². The average molecular weight is 270 g/mol. The summed E-state index contributed by atoms with van der Waals surface area (Å²) >= 11 is 1.40. The molecule has 18 heavy (non-hydrogen) atoms. The first-order valence-corrected chi connectivity index (χ1v) is 7.26. The van der Waals surface area contributed by atoms with E-state index in [1.54, 1.807) is 6.20 Å². The van der Waals surface area contributed by atoms with Gasteiger partial charge in [0.05, 0.1) is 13.3 Å². The van der Waals surface area contributed by atoms with Crippen molar-refractivity contribution < 1.29 is 9.53 Å². The Hall–Kier alpha value is -1.10. The molecule has 5 heteroatoms. The number of aromatic nitrogens is 1. The highest BCUT2D eigenvalue weighted by Crippen LogP contribution is 2.24. The quantitative estimate of drug-likeness (QED) is 0.714. The molecule has 0 bridgehead atoms. The van der Waals surface area contributed by atoms with Gasteiger partial charge in [-0.15, -0.1) is 0 Å². The maximum Gasteiger partial charge on any atom is 0.349 e. The number of ether oxygens (including phenoxy) is 1. The monoisotopic (exact) mass is 270 g/mol. The molecule has 0 N–H and O–H groups in total. The predicted molar refractivity (Wildman–Crippen MR) is 75.4 cm³/mol. The molecule has 102 valence electrons. The van der Waals surface area contributed by atoms with Crippen molar-refractivity contribution >= 4 is 22.4 Å². The summed E-state index contributed by atoms with van der Waals surface area (Å²) in [5, 5.41) is 0.907. The van der Waals surface area contributed by atoms with Crippen LogP contribution in [0.4, 0.5) is 5.13 Å². The van der Waals surface area contributed by atoms with Crippen molar-refractivity contribution in [3.05, 3.63) is 11.1 Å². The fraction of sp³-hybridized carbons (Fsp3) is 0.692. The number of thiazole rings is 1.